The van der Waals surface area contributed by atoms with Crippen LogP contribution in [-0.4, -0.2) is 44.8 Å². The Bertz CT molecular complexity index is 220. The first-order chi connectivity index (χ1) is 6.67. The van der Waals surface area contributed by atoms with E-state index in [1.165, 1.54) is 4.31 Å². The number of sulfonamides is 1. The molecule has 1 saturated heterocycles. The molecule has 0 bridgehead atoms. The monoisotopic (exact) mass is 223 g/mol. The van der Waals surface area contributed by atoms with Crippen molar-refractivity contribution in [2.45, 2.75) is 27.2 Å². The molecule has 0 aromatic carbocycles. The minimum absolute atomic E-state index is 0.257. The van der Waals surface area contributed by atoms with Gasteiger partial charge in [0.25, 0.3) is 0 Å². The lowest BCUT2D eigenvalue weighted by Crippen LogP contribution is -2.41. The number of morpholine rings is 1. The van der Waals surface area contributed by atoms with Crippen LogP contribution in [0.2, 0.25) is 0 Å². The Morgan fingerprint density at radius 1 is 1.21 bits per heavy atom. The molecule has 0 atom stereocenters. The van der Waals surface area contributed by atoms with Crippen LogP contribution in [0.3, 0.4) is 0 Å². The van der Waals surface area contributed by atoms with Crippen molar-refractivity contribution in [2.24, 2.45) is 0 Å². The zero-order valence-electron chi connectivity index (χ0n) is 9.32. The number of ether oxygens (including phenoxy) is 1. The number of hydrogen-bond acceptors (Lipinski definition) is 3. The Labute approximate surface area is 87.3 Å². The molecule has 14 heavy (non-hydrogen) atoms. The van der Waals surface area contributed by atoms with Gasteiger partial charge in [-0.25, -0.2) is 8.42 Å². The maximum atomic E-state index is 11.5. The molecule has 0 spiro atoms. The van der Waals surface area contributed by atoms with E-state index in [1.54, 1.807) is 0 Å². The van der Waals surface area contributed by atoms with Gasteiger partial charge in [-0.3, -0.25) is 0 Å². The standard InChI is InChI=1S/C7H15NO3S.C2H6/c1-2-7-12(9,10)8-3-5-11-6-4-8;1-2/h2-7H2,1H3;1-2H3. The van der Waals surface area contributed by atoms with E-state index in [4.69, 9.17) is 4.74 Å². The summed E-state index contributed by atoms with van der Waals surface area (Å²) in [6.45, 7) is 7.97. The van der Waals surface area contributed by atoms with Crippen molar-refractivity contribution < 1.29 is 13.2 Å². The van der Waals surface area contributed by atoms with Crippen LogP contribution in [-0.2, 0) is 14.8 Å². The molecule has 1 aliphatic heterocycles. The normalized spacial score (nSPS) is 18.5. The molecule has 5 heteroatoms. The lowest BCUT2D eigenvalue weighted by molar-refractivity contribution is 0.0730. The van der Waals surface area contributed by atoms with Gasteiger partial charge in [0.05, 0.1) is 19.0 Å². The highest BCUT2D eigenvalue weighted by Crippen LogP contribution is 2.06. The van der Waals surface area contributed by atoms with Gasteiger partial charge in [-0.1, -0.05) is 20.8 Å². The minimum Gasteiger partial charge on any atom is -0.379 e. The molecule has 4 nitrogen and oxygen atoms in total. The second-order valence-electron chi connectivity index (χ2n) is 2.83. The fourth-order valence-electron chi connectivity index (χ4n) is 1.21. The van der Waals surface area contributed by atoms with E-state index in [0.717, 1.165) is 0 Å². The van der Waals surface area contributed by atoms with Crippen LogP contribution in [0.25, 0.3) is 0 Å². The molecule has 1 rings (SSSR count). The van der Waals surface area contributed by atoms with Gasteiger partial charge in [-0.05, 0) is 6.42 Å². The first-order valence-corrected chi connectivity index (χ1v) is 6.83. The average Bonchev–Trinajstić information content (AvgIpc) is 2.22. The number of nitrogens with zero attached hydrogens (tertiary/aromatic N) is 1. The summed E-state index contributed by atoms with van der Waals surface area (Å²) < 4.78 is 29.5. The van der Waals surface area contributed by atoms with Crippen LogP contribution in [0.15, 0.2) is 0 Å². The Morgan fingerprint density at radius 2 is 1.71 bits per heavy atom. The van der Waals surface area contributed by atoms with E-state index in [2.05, 4.69) is 0 Å². The quantitative estimate of drug-likeness (QED) is 0.719. The SMILES string of the molecule is CC.CCCS(=O)(=O)N1CCOCC1. The van der Waals surface area contributed by atoms with Crippen LogP contribution in [0, 0.1) is 0 Å². The van der Waals surface area contributed by atoms with E-state index in [1.807, 2.05) is 20.8 Å². The summed E-state index contributed by atoms with van der Waals surface area (Å²) in [6.07, 6.45) is 0.680. The van der Waals surface area contributed by atoms with E-state index in [9.17, 15) is 8.42 Å². The first-order valence-electron chi connectivity index (χ1n) is 5.22. The third-order valence-corrected chi connectivity index (χ3v) is 3.90. The highest BCUT2D eigenvalue weighted by atomic mass is 32.2. The maximum absolute atomic E-state index is 11.5. The summed E-state index contributed by atoms with van der Waals surface area (Å²) in [7, 11) is -2.98. The van der Waals surface area contributed by atoms with Crippen molar-refractivity contribution in [1.82, 2.24) is 4.31 Å². The van der Waals surface area contributed by atoms with Gasteiger partial charge >= 0.3 is 0 Å². The molecular weight excluding hydrogens is 202 g/mol. The molecule has 0 aromatic rings. The minimum atomic E-state index is -2.98. The summed E-state index contributed by atoms with van der Waals surface area (Å²) in [4.78, 5) is 0. The summed E-state index contributed by atoms with van der Waals surface area (Å²) in [5, 5.41) is 0. The van der Waals surface area contributed by atoms with Gasteiger partial charge < -0.3 is 4.74 Å². The summed E-state index contributed by atoms with van der Waals surface area (Å²) in [5.74, 6) is 0.257. The first kappa shape index (κ1) is 13.9. The molecule has 1 heterocycles. The lowest BCUT2D eigenvalue weighted by Gasteiger charge is -2.25. The molecule has 0 radical (unpaired) electrons. The largest absolute Gasteiger partial charge is 0.379 e. The molecule has 0 saturated carbocycles. The van der Waals surface area contributed by atoms with Crippen molar-refractivity contribution in [3.8, 4) is 0 Å². The number of hydrogen-bond donors (Lipinski definition) is 0. The van der Waals surface area contributed by atoms with Gasteiger partial charge in [0.1, 0.15) is 0 Å². The van der Waals surface area contributed by atoms with Crippen molar-refractivity contribution in [3.63, 3.8) is 0 Å². The molecule has 86 valence electrons. The van der Waals surface area contributed by atoms with Crippen molar-refractivity contribution in [3.05, 3.63) is 0 Å². The fraction of sp³-hybridized carbons (Fsp3) is 1.00. The van der Waals surface area contributed by atoms with Crippen LogP contribution < -0.4 is 0 Å². The summed E-state index contributed by atoms with van der Waals surface area (Å²) in [5.41, 5.74) is 0. The second kappa shape index (κ2) is 7.20. The van der Waals surface area contributed by atoms with E-state index in [-0.39, 0.29) is 5.75 Å². The van der Waals surface area contributed by atoms with E-state index >= 15 is 0 Å². The molecule has 0 aliphatic carbocycles. The average molecular weight is 223 g/mol. The molecule has 0 amide bonds. The van der Waals surface area contributed by atoms with Gasteiger partial charge in [-0.15, -0.1) is 0 Å². The Balaban J connectivity index is 0.000000791. The molecule has 0 unspecified atom stereocenters. The second-order valence-corrected chi connectivity index (χ2v) is 4.92. The fourth-order valence-corrected chi connectivity index (χ4v) is 2.69. The van der Waals surface area contributed by atoms with Gasteiger partial charge in [-0.2, -0.15) is 4.31 Å². The van der Waals surface area contributed by atoms with Crippen molar-refractivity contribution in [1.29, 1.82) is 0 Å². The van der Waals surface area contributed by atoms with Crippen LogP contribution in [0.4, 0.5) is 0 Å². The van der Waals surface area contributed by atoms with Crippen LogP contribution in [0.1, 0.15) is 27.2 Å². The van der Waals surface area contributed by atoms with Crippen LogP contribution >= 0.6 is 0 Å². The highest BCUT2D eigenvalue weighted by Gasteiger charge is 2.22. The lowest BCUT2D eigenvalue weighted by atomic mass is 10.5. The Hall–Kier alpha value is -0.130. The molecule has 0 aromatic heterocycles. The molecule has 0 N–H and O–H groups in total. The van der Waals surface area contributed by atoms with Crippen LogP contribution in [0.5, 0.6) is 0 Å². The third-order valence-electron chi connectivity index (χ3n) is 1.83. The smallest absolute Gasteiger partial charge is 0.214 e. The third kappa shape index (κ3) is 4.39. The Morgan fingerprint density at radius 3 is 2.14 bits per heavy atom. The maximum Gasteiger partial charge on any atom is 0.214 e. The topological polar surface area (TPSA) is 46.6 Å². The van der Waals surface area contributed by atoms with E-state index in [0.29, 0.717) is 32.7 Å². The predicted molar refractivity (Wildman–Crippen MR) is 57.8 cm³/mol. The summed E-state index contributed by atoms with van der Waals surface area (Å²) >= 11 is 0. The van der Waals surface area contributed by atoms with Gasteiger partial charge in [0.15, 0.2) is 0 Å². The highest BCUT2D eigenvalue weighted by molar-refractivity contribution is 7.89. The molecular formula is C9H21NO3S. The van der Waals surface area contributed by atoms with Gasteiger partial charge in [0.2, 0.25) is 10.0 Å². The van der Waals surface area contributed by atoms with Gasteiger partial charge in [0, 0.05) is 13.1 Å². The number of rotatable bonds is 3. The molecule has 1 aliphatic rings. The van der Waals surface area contributed by atoms with Crippen molar-refractivity contribution >= 4 is 10.0 Å². The zero-order valence-corrected chi connectivity index (χ0v) is 10.1. The zero-order chi connectivity index (χ0) is 11.0. The van der Waals surface area contributed by atoms with E-state index < -0.39 is 10.0 Å². The predicted octanol–water partition coefficient (Wildman–Crippen LogP) is 1.08. The Kier molecular flexibility index (Phi) is 7.13. The molecule has 1 fully saturated rings. The van der Waals surface area contributed by atoms with Crippen molar-refractivity contribution in [2.75, 3.05) is 32.1 Å². The summed E-state index contributed by atoms with van der Waals surface area (Å²) in [6, 6.07) is 0.